The van der Waals surface area contributed by atoms with Crippen LogP contribution in [0.4, 0.5) is 0 Å². The van der Waals surface area contributed by atoms with Crippen molar-refractivity contribution in [2.45, 2.75) is 59.5 Å². The van der Waals surface area contributed by atoms with Crippen molar-refractivity contribution >= 4 is 0 Å². The molecule has 14 heavy (non-hydrogen) atoms. The first-order valence-corrected chi connectivity index (χ1v) is 5.96. The van der Waals surface area contributed by atoms with E-state index in [0.29, 0.717) is 6.04 Å². The molecule has 0 bridgehead atoms. The topological polar surface area (TPSA) is 3.24 Å². The molecule has 1 unspecified atom stereocenters. The molecule has 1 heteroatoms. The van der Waals surface area contributed by atoms with Crippen molar-refractivity contribution in [1.29, 1.82) is 0 Å². The molecule has 0 radical (unpaired) electrons. The fourth-order valence-corrected chi connectivity index (χ4v) is 2.45. The molecule has 1 aliphatic heterocycles. The Kier molecular flexibility index (Phi) is 4.18. The predicted molar refractivity (Wildman–Crippen MR) is 63.5 cm³/mol. The third-order valence-corrected chi connectivity index (χ3v) is 3.41. The summed E-state index contributed by atoms with van der Waals surface area (Å²) in [6, 6.07) is 1.47. The molecule has 0 aromatic heterocycles. The van der Waals surface area contributed by atoms with E-state index < -0.39 is 0 Å². The predicted octanol–water partition coefficient (Wildman–Crippen LogP) is 3.46. The Morgan fingerprint density at radius 1 is 1.29 bits per heavy atom. The number of allylic oxidation sites excluding steroid dienone is 1. The third-order valence-electron chi connectivity index (χ3n) is 3.41. The van der Waals surface area contributed by atoms with Gasteiger partial charge in [-0.05, 0) is 39.5 Å². The van der Waals surface area contributed by atoms with Crippen LogP contribution < -0.4 is 0 Å². The van der Waals surface area contributed by atoms with Gasteiger partial charge in [0.05, 0.1) is 0 Å². The fraction of sp³-hybridized carbons (Fsp3) is 0.846. The van der Waals surface area contributed by atoms with Gasteiger partial charge >= 0.3 is 0 Å². The van der Waals surface area contributed by atoms with E-state index in [2.05, 4.69) is 45.6 Å². The van der Waals surface area contributed by atoms with Crippen LogP contribution in [0.5, 0.6) is 0 Å². The van der Waals surface area contributed by atoms with Gasteiger partial charge < -0.3 is 0 Å². The van der Waals surface area contributed by atoms with Crippen LogP contribution in [0.2, 0.25) is 0 Å². The Morgan fingerprint density at radius 2 is 1.93 bits per heavy atom. The maximum Gasteiger partial charge on any atom is 0.0198 e. The molecule has 0 aliphatic carbocycles. The first-order chi connectivity index (χ1) is 6.56. The van der Waals surface area contributed by atoms with Crippen molar-refractivity contribution in [2.75, 3.05) is 6.54 Å². The van der Waals surface area contributed by atoms with Crippen LogP contribution in [0.25, 0.3) is 0 Å². The van der Waals surface area contributed by atoms with Crippen molar-refractivity contribution in [3.63, 3.8) is 0 Å². The van der Waals surface area contributed by atoms with E-state index in [1.807, 2.05) is 0 Å². The average molecular weight is 195 g/mol. The lowest BCUT2D eigenvalue weighted by Gasteiger charge is -2.42. The van der Waals surface area contributed by atoms with Gasteiger partial charge in [-0.1, -0.05) is 25.5 Å². The summed E-state index contributed by atoms with van der Waals surface area (Å²) in [6.45, 7) is 12.7. The van der Waals surface area contributed by atoms with Crippen LogP contribution >= 0.6 is 0 Å². The molecule has 0 aromatic carbocycles. The molecule has 82 valence electrons. The summed E-state index contributed by atoms with van der Waals surface area (Å²) in [7, 11) is 0. The monoisotopic (exact) mass is 195 g/mol. The minimum absolute atomic E-state index is 0.678. The second-order valence-electron chi connectivity index (χ2n) is 5.06. The molecule has 1 saturated heterocycles. The number of piperidine rings is 1. The number of rotatable bonds is 2. The van der Waals surface area contributed by atoms with E-state index >= 15 is 0 Å². The molecule has 1 rings (SSSR count). The van der Waals surface area contributed by atoms with Crippen LogP contribution in [0.1, 0.15) is 47.5 Å². The molecular weight excluding hydrogens is 170 g/mol. The van der Waals surface area contributed by atoms with Crippen molar-refractivity contribution in [2.24, 2.45) is 5.92 Å². The molecule has 0 aromatic rings. The number of hydrogen-bond acceptors (Lipinski definition) is 1. The van der Waals surface area contributed by atoms with Gasteiger partial charge in [0.15, 0.2) is 0 Å². The Labute approximate surface area is 89.2 Å². The van der Waals surface area contributed by atoms with Gasteiger partial charge in [-0.2, -0.15) is 0 Å². The van der Waals surface area contributed by atoms with E-state index in [1.165, 1.54) is 19.4 Å². The van der Waals surface area contributed by atoms with Crippen LogP contribution in [-0.4, -0.2) is 23.5 Å². The van der Waals surface area contributed by atoms with Gasteiger partial charge in [-0.25, -0.2) is 0 Å². The van der Waals surface area contributed by atoms with Gasteiger partial charge in [0, 0.05) is 18.6 Å². The lowest BCUT2D eigenvalue weighted by molar-refractivity contribution is 0.103. The zero-order valence-electron chi connectivity index (χ0n) is 10.4. The van der Waals surface area contributed by atoms with Crippen LogP contribution in [0, 0.1) is 5.92 Å². The second-order valence-corrected chi connectivity index (χ2v) is 5.06. The highest BCUT2D eigenvalue weighted by atomic mass is 15.2. The smallest absolute Gasteiger partial charge is 0.0198 e. The summed E-state index contributed by atoms with van der Waals surface area (Å²) >= 11 is 0. The summed E-state index contributed by atoms with van der Waals surface area (Å²) in [5.41, 5.74) is 1.62. The number of hydrogen-bond donors (Lipinski definition) is 0. The quantitative estimate of drug-likeness (QED) is 0.610. The lowest BCUT2D eigenvalue weighted by atomic mass is 9.89. The van der Waals surface area contributed by atoms with Gasteiger partial charge in [0.1, 0.15) is 0 Å². The summed E-state index contributed by atoms with van der Waals surface area (Å²) in [5.74, 6) is 0.788. The molecule has 0 saturated carbocycles. The minimum Gasteiger partial charge on any atom is -0.294 e. The lowest BCUT2D eigenvalue weighted by Crippen LogP contribution is -2.47. The molecule has 0 spiro atoms. The average Bonchev–Trinajstić information content (AvgIpc) is 2.16. The molecule has 0 N–H and O–H groups in total. The maximum absolute atomic E-state index is 2.66. The van der Waals surface area contributed by atoms with Gasteiger partial charge in [0.2, 0.25) is 0 Å². The largest absolute Gasteiger partial charge is 0.294 e. The van der Waals surface area contributed by atoms with E-state index in [-0.39, 0.29) is 0 Å². The standard InChI is InChI=1S/C13H25N/c1-6-12-7-8-13(10(2)3)14(9-12)11(4)5/h6,10-11,13H,7-9H2,1-5H3/b12-6+. The highest BCUT2D eigenvalue weighted by molar-refractivity contribution is 5.08. The van der Waals surface area contributed by atoms with Gasteiger partial charge in [-0.15, -0.1) is 0 Å². The van der Waals surface area contributed by atoms with Crippen molar-refractivity contribution in [3.8, 4) is 0 Å². The van der Waals surface area contributed by atoms with Crippen molar-refractivity contribution < 1.29 is 0 Å². The Morgan fingerprint density at radius 3 is 2.36 bits per heavy atom. The van der Waals surface area contributed by atoms with Crippen LogP contribution in [0.15, 0.2) is 11.6 Å². The van der Waals surface area contributed by atoms with E-state index in [9.17, 15) is 0 Å². The van der Waals surface area contributed by atoms with Crippen molar-refractivity contribution in [1.82, 2.24) is 4.90 Å². The molecule has 1 fully saturated rings. The maximum atomic E-state index is 2.66. The first kappa shape index (κ1) is 11.8. The van der Waals surface area contributed by atoms with Gasteiger partial charge in [-0.3, -0.25) is 4.90 Å². The first-order valence-electron chi connectivity index (χ1n) is 5.96. The van der Waals surface area contributed by atoms with Crippen molar-refractivity contribution in [3.05, 3.63) is 11.6 Å². The third kappa shape index (κ3) is 2.60. The fourth-order valence-electron chi connectivity index (χ4n) is 2.45. The van der Waals surface area contributed by atoms with E-state index in [0.717, 1.165) is 12.0 Å². The van der Waals surface area contributed by atoms with E-state index in [1.54, 1.807) is 5.57 Å². The Hall–Kier alpha value is -0.300. The van der Waals surface area contributed by atoms with E-state index in [4.69, 9.17) is 0 Å². The number of likely N-dealkylation sites (tertiary alicyclic amines) is 1. The Bertz CT molecular complexity index is 203. The van der Waals surface area contributed by atoms with Crippen LogP contribution in [0.3, 0.4) is 0 Å². The minimum atomic E-state index is 0.678. The zero-order chi connectivity index (χ0) is 10.7. The number of nitrogens with zero attached hydrogens (tertiary/aromatic N) is 1. The normalized spacial score (nSPS) is 27.9. The Balaban J connectivity index is 2.70. The molecule has 1 atom stereocenters. The molecule has 1 nitrogen and oxygen atoms in total. The van der Waals surface area contributed by atoms with Crippen LogP contribution in [-0.2, 0) is 0 Å². The molecule has 0 amide bonds. The summed E-state index contributed by atoms with van der Waals surface area (Å²) in [4.78, 5) is 2.66. The SMILES string of the molecule is C/C=C1\CCC(C(C)C)N(C(C)C)C1. The second kappa shape index (κ2) is 4.97. The summed E-state index contributed by atoms with van der Waals surface area (Å²) in [5, 5.41) is 0. The van der Waals surface area contributed by atoms with Gasteiger partial charge in [0.25, 0.3) is 0 Å². The molecule has 1 aliphatic rings. The molecular formula is C13H25N. The summed E-state index contributed by atoms with van der Waals surface area (Å²) in [6.07, 6.45) is 4.95. The molecule has 1 heterocycles. The highest BCUT2D eigenvalue weighted by Gasteiger charge is 2.28. The highest BCUT2D eigenvalue weighted by Crippen LogP contribution is 2.27. The zero-order valence-corrected chi connectivity index (χ0v) is 10.4. The summed E-state index contributed by atoms with van der Waals surface area (Å²) < 4.78 is 0.